The molecule has 64 heavy (non-hydrogen) atoms. The van der Waals surface area contributed by atoms with E-state index in [1.165, 1.54) is 103 Å². The number of hydrogen-bond acceptors (Lipinski definition) is 2. The highest BCUT2D eigenvalue weighted by molar-refractivity contribution is 7.26. The summed E-state index contributed by atoms with van der Waals surface area (Å²) in [5, 5.41) is 5.08. The molecule has 2 aromatic heterocycles. The molecule has 14 rings (SSSR count). The number of fused-ring (bicyclic) bond motifs is 16. The van der Waals surface area contributed by atoms with Gasteiger partial charge in [0.15, 0.2) is 0 Å². The smallest absolute Gasteiger partial charge is 0.0726 e. The lowest BCUT2D eigenvalue weighted by molar-refractivity contribution is 0.793. The lowest BCUT2D eigenvalue weighted by atomic mass is 9.70. The molecule has 3 heteroatoms. The van der Waals surface area contributed by atoms with Crippen LogP contribution in [0.3, 0.4) is 0 Å². The first kappa shape index (κ1) is 35.6. The molecule has 0 fully saturated rings. The summed E-state index contributed by atoms with van der Waals surface area (Å²) in [6.07, 6.45) is 0. The summed E-state index contributed by atoms with van der Waals surface area (Å²) in [5.74, 6) is 0. The fourth-order valence-electron chi connectivity index (χ4n) is 11.4. The standard InChI is InChI=1S/C61H38N2S/c1-2-15-41(16-3-1)63-55-25-12-7-20-48(55)49-35-31-40(37-57(49)63)39-29-32-42(33-30-39)62(56-26-14-28-59-60(56)50-21-8-13-27-58(50)64-59)43-34-36-47-46-19-6-11-24-53(46)61(54(47)38-43)51-22-9-4-17-44(51)45-18-5-10-23-52(45)61/h1-38H. The van der Waals surface area contributed by atoms with Gasteiger partial charge in [-0.05, 0) is 122 Å². The molecule has 0 unspecified atom stereocenters. The summed E-state index contributed by atoms with van der Waals surface area (Å²) in [7, 11) is 0. The number of thiophene rings is 1. The van der Waals surface area contributed by atoms with Gasteiger partial charge in [-0.15, -0.1) is 11.3 Å². The first-order valence-electron chi connectivity index (χ1n) is 22.1. The van der Waals surface area contributed by atoms with E-state index in [2.05, 4.69) is 240 Å². The molecule has 0 bridgehead atoms. The fourth-order valence-corrected chi connectivity index (χ4v) is 12.5. The maximum atomic E-state index is 2.51. The zero-order chi connectivity index (χ0) is 41.9. The van der Waals surface area contributed by atoms with Crippen LogP contribution in [0.2, 0.25) is 0 Å². The topological polar surface area (TPSA) is 8.17 Å². The van der Waals surface area contributed by atoms with Crippen LogP contribution in [-0.4, -0.2) is 4.57 Å². The van der Waals surface area contributed by atoms with Crippen molar-refractivity contribution in [1.29, 1.82) is 0 Å². The Hall–Kier alpha value is -7.98. The van der Waals surface area contributed by atoms with Gasteiger partial charge in [0.1, 0.15) is 0 Å². The highest BCUT2D eigenvalue weighted by Crippen LogP contribution is 2.63. The lowest BCUT2D eigenvalue weighted by Crippen LogP contribution is -2.26. The van der Waals surface area contributed by atoms with E-state index in [9.17, 15) is 0 Å². The maximum absolute atomic E-state index is 2.51. The van der Waals surface area contributed by atoms with Gasteiger partial charge < -0.3 is 9.47 Å². The van der Waals surface area contributed by atoms with Crippen LogP contribution in [0.5, 0.6) is 0 Å². The third-order valence-corrected chi connectivity index (χ3v) is 15.1. The Morgan fingerprint density at radius 3 is 1.66 bits per heavy atom. The zero-order valence-corrected chi connectivity index (χ0v) is 35.6. The summed E-state index contributed by atoms with van der Waals surface area (Å²) in [5.41, 5.74) is 19.5. The monoisotopic (exact) mass is 830 g/mol. The Balaban J connectivity index is 0.980. The zero-order valence-electron chi connectivity index (χ0n) is 34.7. The highest BCUT2D eigenvalue weighted by Gasteiger charge is 2.51. The summed E-state index contributed by atoms with van der Waals surface area (Å²) in [6, 6.07) is 85.8. The van der Waals surface area contributed by atoms with Crippen molar-refractivity contribution in [2.75, 3.05) is 4.90 Å². The van der Waals surface area contributed by atoms with Crippen LogP contribution < -0.4 is 4.90 Å². The molecule has 10 aromatic carbocycles. The molecule has 12 aromatic rings. The molecular formula is C61H38N2S. The number of hydrogen-bond donors (Lipinski definition) is 0. The van der Waals surface area contributed by atoms with Gasteiger partial charge in [-0.25, -0.2) is 0 Å². The molecule has 0 atom stereocenters. The molecule has 0 saturated carbocycles. The first-order valence-corrected chi connectivity index (χ1v) is 22.9. The van der Waals surface area contributed by atoms with Crippen molar-refractivity contribution in [3.8, 4) is 39.1 Å². The number of para-hydroxylation sites is 2. The van der Waals surface area contributed by atoms with Crippen LogP contribution in [0, 0.1) is 0 Å². The lowest BCUT2D eigenvalue weighted by Gasteiger charge is -2.32. The van der Waals surface area contributed by atoms with Gasteiger partial charge >= 0.3 is 0 Å². The summed E-state index contributed by atoms with van der Waals surface area (Å²) in [6.45, 7) is 0. The van der Waals surface area contributed by atoms with Crippen molar-refractivity contribution in [3.63, 3.8) is 0 Å². The number of nitrogens with zero attached hydrogens (tertiary/aromatic N) is 2. The number of benzene rings is 10. The van der Waals surface area contributed by atoms with E-state index < -0.39 is 5.41 Å². The van der Waals surface area contributed by atoms with Crippen molar-refractivity contribution in [1.82, 2.24) is 4.57 Å². The molecule has 298 valence electrons. The van der Waals surface area contributed by atoms with Crippen molar-refractivity contribution in [2.24, 2.45) is 0 Å². The van der Waals surface area contributed by atoms with E-state index >= 15 is 0 Å². The van der Waals surface area contributed by atoms with E-state index in [4.69, 9.17) is 0 Å². The van der Waals surface area contributed by atoms with Gasteiger partial charge in [-0.3, -0.25) is 0 Å². The molecule has 2 aliphatic carbocycles. The van der Waals surface area contributed by atoms with Crippen LogP contribution in [0.1, 0.15) is 22.3 Å². The van der Waals surface area contributed by atoms with Gasteiger partial charge in [0, 0.05) is 48.0 Å². The minimum atomic E-state index is -0.438. The average molecular weight is 831 g/mol. The van der Waals surface area contributed by atoms with Gasteiger partial charge in [0.2, 0.25) is 0 Å². The highest BCUT2D eigenvalue weighted by atomic mass is 32.1. The first-order chi connectivity index (χ1) is 31.8. The number of anilines is 3. The third kappa shape index (κ3) is 4.85. The second-order valence-corrected chi connectivity index (χ2v) is 18.3. The molecule has 2 heterocycles. The predicted molar refractivity (Wildman–Crippen MR) is 270 cm³/mol. The van der Waals surface area contributed by atoms with Crippen LogP contribution in [0.15, 0.2) is 231 Å². The Bertz CT molecular complexity index is 3790. The molecule has 0 saturated heterocycles. The van der Waals surface area contributed by atoms with E-state index in [0.29, 0.717) is 0 Å². The number of rotatable bonds is 5. The van der Waals surface area contributed by atoms with Crippen LogP contribution in [-0.2, 0) is 5.41 Å². The van der Waals surface area contributed by atoms with Crippen molar-refractivity contribution in [3.05, 3.63) is 253 Å². The molecule has 1 spiro atoms. The third-order valence-electron chi connectivity index (χ3n) is 14.0. The molecule has 0 amide bonds. The Labute approximate surface area is 375 Å². The summed E-state index contributed by atoms with van der Waals surface area (Å²) >= 11 is 1.87. The van der Waals surface area contributed by atoms with Gasteiger partial charge in [-0.2, -0.15) is 0 Å². The van der Waals surface area contributed by atoms with Crippen LogP contribution >= 0.6 is 11.3 Å². The fraction of sp³-hybridized carbons (Fsp3) is 0.0164. The van der Waals surface area contributed by atoms with Gasteiger partial charge in [0.05, 0.1) is 22.1 Å². The van der Waals surface area contributed by atoms with Crippen molar-refractivity contribution >= 4 is 70.4 Å². The number of aromatic nitrogens is 1. The summed E-state index contributed by atoms with van der Waals surface area (Å²) < 4.78 is 4.98. The second kappa shape index (κ2) is 13.5. The predicted octanol–water partition coefficient (Wildman–Crippen LogP) is 16.6. The molecular weight excluding hydrogens is 793 g/mol. The van der Waals surface area contributed by atoms with Crippen molar-refractivity contribution in [2.45, 2.75) is 5.41 Å². The minimum absolute atomic E-state index is 0.438. The van der Waals surface area contributed by atoms with Crippen LogP contribution in [0.4, 0.5) is 17.1 Å². The molecule has 0 N–H and O–H groups in total. The van der Waals surface area contributed by atoms with E-state index in [1.54, 1.807) is 0 Å². The molecule has 0 radical (unpaired) electrons. The minimum Gasteiger partial charge on any atom is -0.310 e. The van der Waals surface area contributed by atoms with E-state index in [-0.39, 0.29) is 0 Å². The maximum Gasteiger partial charge on any atom is 0.0726 e. The second-order valence-electron chi connectivity index (χ2n) is 17.2. The van der Waals surface area contributed by atoms with Crippen molar-refractivity contribution < 1.29 is 0 Å². The molecule has 0 aliphatic heterocycles. The van der Waals surface area contributed by atoms with Crippen LogP contribution in [0.25, 0.3) is 81.0 Å². The normalized spacial score (nSPS) is 13.1. The van der Waals surface area contributed by atoms with Gasteiger partial charge in [-0.1, -0.05) is 164 Å². The van der Waals surface area contributed by atoms with E-state index in [0.717, 1.165) is 17.1 Å². The Kier molecular flexibility index (Phi) is 7.51. The summed E-state index contributed by atoms with van der Waals surface area (Å²) in [4.78, 5) is 2.51. The quantitative estimate of drug-likeness (QED) is 0.168. The average Bonchev–Trinajstić information content (AvgIpc) is 4.08. The Morgan fingerprint density at radius 1 is 0.359 bits per heavy atom. The largest absolute Gasteiger partial charge is 0.310 e. The molecule has 2 nitrogen and oxygen atoms in total. The van der Waals surface area contributed by atoms with Gasteiger partial charge in [0.25, 0.3) is 0 Å². The molecule has 2 aliphatic rings. The SMILES string of the molecule is c1ccc(-n2c3ccccc3c3ccc(-c4ccc(N(c5ccc6c(c5)C5(c7ccccc7-c7ccccc75)c5ccccc5-6)c5cccc6sc7ccccc7c56)cc4)cc32)cc1. The Morgan fingerprint density at radius 2 is 0.922 bits per heavy atom. The van der Waals surface area contributed by atoms with E-state index in [1.807, 2.05) is 11.3 Å².